The van der Waals surface area contributed by atoms with E-state index in [2.05, 4.69) is 4.98 Å². The van der Waals surface area contributed by atoms with E-state index in [9.17, 15) is 35.1 Å². The number of aromatic nitrogens is 1. The quantitative estimate of drug-likeness (QED) is 0.0734. The molecule has 0 amide bonds. The molecule has 0 unspecified atom stereocenters. The maximum absolute atomic E-state index is 12.1. The molecule has 0 radical (unpaired) electrons. The Kier molecular flexibility index (Phi) is 15.0. The lowest BCUT2D eigenvalue weighted by Gasteiger charge is -2.15. The first kappa shape index (κ1) is 44.1. The molecular weight excluding hydrogens is 848 g/mol. The molecule has 0 atom stereocenters. The van der Waals surface area contributed by atoms with Crippen LogP contribution >= 0.6 is 46.4 Å². The van der Waals surface area contributed by atoms with Gasteiger partial charge >= 0.3 is 11.9 Å². The molecule has 0 saturated heterocycles. The monoisotopic (exact) mass is 881 g/mol. The molecule has 306 valence electrons. The number of methoxy groups -OCH3 is 2. The standard InChI is InChI=1S/C22H18Cl2O6.C21H17Cl2NO5/c1-29-22(28)20-16(21(24)18(27)11-17(20)26)8-2-12-10-14(25)5-9-19(12)30-15-6-3-13(23)4-7-15;1-28-21(27)18-15(19(23)17(26)11-16(18)25)9-4-12-3-2-10-24-20(12)29-14-7-5-13(22)6-8-14/h3-7,9-11,25-27H,2,8H2,1H3;2-3,5-8,10-11,25-26H,4,9H2,1H3. The van der Waals surface area contributed by atoms with Crippen LogP contribution in [0.5, 0.6) is 51.9 Å². The number of phenols is 5. The molecule has 5 N–H and O–H groups in total. The van der Waals surface area contributed by atoms with E-state index in [0.717, 1.165) is 17.7 Å². The van der Waals surface area contributed by atoms with E-state index in [1.54, 1.807) is 66.9 Å². The summed E-state index contributed by atoms with van der Waals surface area (Å²) in [6.07, 6.45) is 2.65. The molecule has 0 aliphatic carbocycles. The zero-order valence-corrected chi connectivity index (χ0v) is 34.2. The molecule has 0 saturated carbocycles. The van der Waals surface area contributed by atoms with E-state index in [4.69, 9.17) is 65.4 Å². The van der Waals surface area contributed by atoms with Crippen LogP contribution in [0.2, 0.25) is 20.1 Å². The minimum absolute atomic E-state index is 0.0211. The number of carbonyl (C=O) groups is 2. The Labute approximate surface area is 358 Å². The molecular formula is C43H35Cl4NO11. The Morgan fingerprint density at radius 1 is 0.559 bits per heavy atom. The Morgan fingerprint density at radius 2 is 1.03 bits per heavy atom. The molecule has 0 aliphatic rings. The van der Waals surface area contributed by atoms with Crippen LogP contribution in [0.3, 0.4) is 0 Å². The van der Waals surface area contributed by atoms with E-state index in [-0.39, 0.29) is 68.8 Å². The number of phenolic OH excluding ortho intramolecular Hbond substituents is 5. The van der Waals surface area contributed by atoms with Gasteiger partial charge in [-0.05, 0) is 115 Å². The minimum atomic E-state index is -0.780. The summed E-state index contributed by atoms with van der Waals surface area (Å²) < 4.78 is 21.2. The number of aryl methyl sites for hydroxylation is 2. The third-order valence-corrected chi connectivity index (χ3v) is 10.0. The Bertz CT molecular complexity index is 2460. The number of halogens is 4. The van der Waals surface area contributed by atoms with Crippen molar-refractivity contribution in [1.82, 2.24) is 4.98 Å². The van der Waals surface area contributed by atoms with Gasteiger partial charge in [-0.2, -0.15) is 0 Å². The highest BCUT2D eigenvalue weighted by Crippen LogP contribution is 2.40. The molecule has 0 fully saturated rings. The zero-order chi connectivity index (χ0) is 42.8. The number of ether oxygens (including phenoxy) is 4. The molecule has 0 spiro atoms. The molecule has 12 nitrogen and oxygen atoms in total. The van der Waals surface area contributed by atoms with Crippen LogP contribution in [0.25, 0.3) is 0 Å². The van der Waals surface area contributed by atoms with Gasteiger partial charge < -0.3 is 44.5 Å². The second-order valence-electron chi connectivity index (χ2n) is 12.5. The van der Waals surface area contributed by atoms with Crippen molar-refractivity contribution in [2.24, 2.45) is 0 Å². The number of hydrogen-bond acceptors (Lipinski definition) is 12. The van der Waals surface area contributed by atoms with E-state index < -0.39 is 23.4 Å². The summed E-state index contributed by atoms with van der Waals surface area (Å²) in [6, 6.07) is 23.9. The van der Waals surface area contributed by atoms with Crippen molar-refractivity contribution in [3.05, 3.63) is 151 Å². The van der Waals surface area contributed by atoms with Gasteiger partial charge in [0, 0.05) is 33.9 Å². The maximum Gasteiger partial charge on any atom is 0.341 e. The number of carbonyl (C=O) groups excluding carboxylic acids is 2. The second-order valence-corrected chi connectivity index (χ2v) is 14.1. The van der Waals surface area contributed by atoms with Gasteiger partial charge in [-0.1, -0.05) is 52.5 Å². The third-order valence-electron chi connectivity index (χ3n) is 8.67. The summed E-state index contributed by atoms with van der Waals surface area (Å²) in [4.78, 5) is 28.5. The van der Waals surface area contributed by atoms with Crippen LogP contribution in [0.1, 0.15) is 43.0 Å². The fraction of sp³-hybridized carbons (Fsp3) is 0.140. The Balaban J connectivity index is 0.000000224. The number of rotatable bonds is 12. The molecule has 1 heterocycles. The Morgan fingerprint density at radius 3 is 1.53 bits per heavy atom. The highest BCUT2D eigenvalue weighted by molar-refractivity contribution is 6.34. The van der Waals surface area contributed by atoms with Gasteiger partial charge in [0.1, 0.15) is 57.1 Å². The van der Waals surface area contributed by atoms with Crippen LogP contribution in [-0.4, -0.2) is 56.7 Å². The van der Waals surface area contributed by atoms with Gasteiger partial charge in [0.25, 0.3) is 0 Å². The summed E-state index contributed by atoms with van der Waals surface area (Å²) >= 11 is 24.2. The average molecular weight is 884 g/mol. The van der Waals surface area contributed by atoms with Crippen LogP contribution in [0.15, 0.2) is 97.2 Å². The third kappa shape index (κ3) is 11.1. The van der Waals surface area contributed by atoms with Gasteiger partial charge in [0.05, 0.1) is 24.3 Å². The van der Waals surface area contributed by atoms with Crippen LogP contribution in [0, 0.1) is 0 Å². The largest absolute Gasteiger partial charge is 0.508 e. The van der Waals surface area contributed by atoms with Crippen molar-refractivity contribution in [2.75, 3.05) is 14.2 Å². The number of esters is 2. The molecule has 6 aromatic rings. The van der Waals surface area contributed by atoms with Crippen molar-refractivity contribution in [1.29, 1.82) is 0 Å². The lowest BCUT2D eigenvalue weighted by atomic mass is 9.97. The van der Waals surface area contributed by atoms with Gasteiger partial charge in [0.2, 0.25) is 5.88 Å². The first-order valence-electron chi connectivity index (χ1n) is 17.5. The first-order chi connectivity index (χ1) is 28.2. The lowest BCUT2D eigenvalue weighted by Crippen LogP contribution is -2.08. The van der Waals surface area contributed by atoms with Gasteiger partial charge in [0.15, 0.2) is 0 Å². The highest BCUT2D eigenvalue weighted by atomic mass is 35.5. The van der Waals surface area contributed by atoms with Gasteiger partial charge in [-0.25, -0.2) is 14.6 Å². The van der Waals surface area contributed by atoms with Crippen molar-refractivity contribution < 1.29 is 54.1 Å². The molecule has 5 aromatic carbocycles. The summed E-state index contributed by atoms with van der Waals surface area (Å²) in [5.74, 6) is -1.03. The Hall–Kier alpha value is -6.05. The SMILES string of the molecule is COC(=O)c1c(O)cc(O)c(Cl)c1CCc1cc(O)ccc1Oc1ccc(Cl)cc1.COC(=O)c1c(O)cc(O)c(Cl)c1CCc1cccnc1Oc1ccc(Cl)cc1. The summed E-state index contributed by atoms with van der Waals surface area (Å²) in [5, 5.41) is 51.1. The first-order valence-corrected chi connectivity index (χ1v) is 19.0. The van der Waals surface area contributed by atoms with Crippen LogP contribution < -0.4 is 9.47 Å². The summed E-state index contributed by atoms with van der Waals surface area (Å²) in [5.41, 5.74) is 1.66. The summed E-state index contributed by atoms with van der Waals surface area (Å²) in [6.45, 7) is 0. The molecule has 59 heavy (non-hydrogen) atoms. The van der Waals surface area contributed by atoms with Crippen molar-refractivity contribution in [2.45, 2.75) is 25.7 Å². The van der Waals surface area contributed by atoms with E-state index in [1.807, 2.05) is 6.07 Å². The van der Waals surface area contributed by atoms with Crippen LogP contribution in [0.4, 0.5) is 0 Å². The smallest absolute Gasteiger partial charge is 0.341 e. The fourth-order valence-corrected chi connectivity index (χ4v) is 6.57. The predicted octanol–water partition coefficient (Wildman–Crippen LogP) is 10.6. The summed E-state index contributed by atoms with van der Waals surface area (Å²) in [7, 11) is 2.38. The van der Waals surface area contributed by atoms with E-state index >= 15 is 0 Å². The van der Waals surface area contributed by atoms with Crippen LogP contribution in [-0.2, 0) is 35.2 Å². The topological polar surface area (TPSA) is 185 Å². The van der Waals surface area contributed by atoms with Crippen molar-refractivity contribution in [3.8, 4) is 51.9 Å². The molecule has 6 rings (SSSR count). The van der Waals surface area contributed by atoms with Gasteiger partial charge in [-0.15, -0.1) is 0 Å². The second kappa shape index (κ2) is 20.1. The minimum Gasteiger partial charge on any atom is -0.508 e. The fourth-order valence-electron chi connectivity index (χ4n) is 5.83. The maximum atomic E-state index is 12.1. The van der Waals surface area contributed by atoms with E-state index in [0.29, 0.717) is 45.2 Å². The molecule has 16 heteroatoms. The number of hydrogen-bond donors (Lipinski definition) is 5. The van der Waals surface area contributed by atoms with Crippen molar-refractivity contribution >= 4 is 58.3 Å². The van der Waals surface area contributed by atoms with Crippen molar-refractivity contribution in [3.63, 3.8) is 0 Å². The average Bonchev–Trinajstić information content (AvgIpc) is 3.22. The molecule has 1 aromatic heterocycles. The predicted molar refractivity (Wildman–Crippen MR) is 222 cm³/mol. The lowest BCUT2D eigenvalue weighted by molar-refractivity contribution is 0.0586. The number of aromatic hydroxyl groups is 5. The highest BCUT2D eigenvalue weighted by Gasteiger charge is 2.25. The number of pyridine rings is 1. The number of nitrogens with zero attached hydrogens (tertiary/aromatic N) is 1. The number of benzene rings is 5. The van der Waals surface area contributed by atoms with Gasteiger partial charge in [-0.3, -0.25) is 0 Å². The van der Waals surface area contributed by atoms with E-state index in [1.165, 1.54) is 26.4 Å². The molecule has 0 bridgehead atoms. The molecule has 0 aliphatic heterocycles. The normalized spacial score (nSPS) is 10.6. The zero-order valence-electron chi connectivity index (χ0n) is 31.2.